The van der Waals surface area contributed by atoms with Crippen molar-refractivity contribution in [1.82, 2.24) is 0 Å². The molecule has 1 heteroatoms. The Bertz CT molecular complexity index is 592. The van der Waals surface area contributed by atoms with E-state index in [1.807, 2.05) is 36.4 Å². The van der Waals surface area contributed by atoms with Crippen molar-refractivity contribution < 1.29 is 0 Å². The van der Waals surface area contributed by atoms with Gasteiger partial charge in [-0.3, -0.25) is 0 Å². The van der Waals surface area contributed by atoms with Crippen LogP contribution in [0.15, 0.2) is 91.2 Å². The monoisotopic (exact) mass is 261 g/mol. The van der Waals surface area contributed by atoms with Gasteiger partial charge in [0.1, 0.15) is 0 Å². The third-order valence-corrected chi connectivity index (χ3v) is 2.99. The number of hydrogen-bond donors (Lipinski definition) is 1. The highest BCUT2D eigenvalue weighted by molar-refractivity contribution is 5.75. The second-order valence-corrected chi connectivity index (χ2v) is 4.47. The third-order valence-electron chi connectivity index (χ3n) is 2.99. The fourth-order valence-electron chi connectivity index (χ4n) is 1.97. The van der Waals surface area contributed by atoms with Gasteiger partial charge in [-0.2, -0.15) is 0 Å². The highest BCUT2D eigenvalue weighted by Gasteiger charge is 1.95. The molecular weight excluding hydrogens is 242 g/mol. The lowest BCUT2D eigenvalue weighted by Gasteiger charge is -2.01. The summed E-state index contributed by atoms with van der Waals surface area (Å²) >= 11 is 0. The molecule has 0 saturated carbocycles. The van der Waals surface area contributed by atoms with Gasteiger partial charge in [-0.15, -0.1) is 0 Å². The van der Waals surface area contributed by atoms with E-state index in [1.54, 1.807) is 6.20 Å². The minimum Gasteiger partial charge on any atom is -0.405 e. The first-order valence-electron chi connectivity index (χ1n) is 6.74. The van der Waals surface area contributed by atoms with Gasteiger partial charge in [0.2, 0.25) is 0 Å². The van der Waals surface area contributed by atoms with Gasteiger partial charge in [-0.1, -0.05) is 78.9 Å². The Hall–Kier alpha value is -2.54. The molecule has 0 aliphatic rings. The molecule has 2 aromatic carbocycles. The van der Waals surface area contributed by atoms with E-state index in [4.69, 9.17) is 5.73 Å². The molecule has 0 aliphatic heterocycles. The fourth-order valence-corrected chi connectivity index (χ4v) is 1.97. The van der Waals surface area contributed by atoms with E-state index in [1.165, 1.54) is 11.1 Å². The maximum absolute atomic E-state index is 5.43. The molecule has 20 heavy (non-hydrogen) atoms. The summed E-state index contributed by atoms with van der Waals surface area (Å²) < 4.78 is 0. The van der Waals surface area contributed by atoms with Crippen LogP contribution < -0.4 is 5.73 Å². The molecule has 0 spiro atoms. The van der Waals surface area contributed by atoms with Crippen LogP contribution in [0, 0.1) is 0 Å². The molecule has 2 rings (SSSR count). The van der Waals surface area contributed by atoms with E-state index >= 15 is 0 Å². The van der Waals surface area contributed by atoms with Gasteiger partial charge < -0.3 is 5.73 Å². The van der Waals surface area contributed by atoms with Crippen LogP contribution in [0.25, 0.3) is 5.57 Å². The maximum atomic E-state index is 5.43. The van der Waals surface area contributed by atoms with Crippen molar-refractivity contribution in [1.29, 1.82) is 0 Å². The van der Waals surface area contributed by atoms with E-state index in [9.17, 15) is 0 Å². The van der Waals surface area contributed by atoms with Gasteiger partial charge in [0.05, 0.1) is 0 Å². The summed E-state index contributed by atoms with van der Waals surface area (Å²) in [5.74, 6) is 0. The van der Waals surface area contributed by atoms with Gasteiger partial charge >= 0.3 is 0 Å². The maximum Gasteiger partial charge on any atom is -0.00622 e. The number of allylic oxidation sites excluding steroid dienone is 5. The average molecular weight is 261 g/mol. The van der Waals surface area contributed by atoms with Crippen LogP contribution in [-0.4, -0.2) is 0 Å². The van der Waals surface area contributed by atoms with E-state index in [0.29, 0.717) is 0 Å². The Balaban J connectivity index is 2.13. The van der Waals surface area contributed by atoms with Gasteiger partial charge in [-0.25, -0.2) is 0 Å². The van der Waals surface area contributed by atoms with Crippen molar-refractivity contribution in [2.75, 3.05) is 0 Å². The molecule has 0 radical (unpaired) electrons. The predicted molar refractivity (Wildman–Crippen MR) is 87.0 cm³/mol. The van der Waals surface area contributed by atoms with Crippen LogP contribution in [0.5, 0.6) is 0 Å². The Morgan fingerprint density at radius 3 is 2.20 bits per heavy atom. The number of benzene rings is 2. The molecule has 0 heterocycles. The summed E-state index contributed by atoms with van der Waals surface area (Å²) in [6, 6.07) is 20.7. The second-order valence-electron chi connectivity index (χ2n) is 4.47. The largest absolute Gasteiger partial charge is 0.405 e. The number of nitrogens with two attached hydrogens (primary N) is 1. The number of hydrogen-bond acceptors (Lipinski definition) is 1. The van der Waals surface area contributed by atoms with Gasteiger partial charge in [0.15, 0.2) is 0 Å². The smallest absolute Gasteiger partial charge is 0.00622 e. The quantitative estimate of drug-likeness (QED) is 0.796. The lowest BCUT2D eigenvalue weighted by molar-refractivity contribution is 1.27. The SMILES string of the molecule is N/C=C/C=C(\C=C/Cc1ccccc1)c1ccccc1. The summed E-state index contributed by atoms with van der Waals surface area (Å²) in [5, 5.41) is 0. The van der Waals surface area contributed by atoms with Crippen LogP contribution in [0.2, 0.25) is 0 Å². The first-order valence-corrected chi connectivity index (χ1v) is 6.74. The Labute approximate surface area is 120 Å². The van der Waals surface area contributed by atoms with Crippen LogP contribution in [-0.2, 0) is 6.42 Å². The zero-order valence-corrected chi connectivity index (χ0v) is 11.4. The highest BCUT2D eigenvalue weighted by atomic mass is 14.5. The Morgan fingerprint density at radius 1 is 0.900 bits per heavy atom. The molecule has 0 atom stereocenters. The Morgan fingerprint density at radius 2 is 1.55 bits per heavy atom. The zero-order chi connectivity index (χ0) is 14.0. The molecule has 0 fully saturated rings. The lowest BCUT2D eigenvalue weighted by atomic mass is 10.0. The minimum absolute atomic E-state index is 0.928. The molecule has 0 bridgehead atoms. The summed E-state index contributed by atoms with van der Waals surface area (Å²) in [6.45, 7) is 0. The zero-order valence-electron chi connectivity index (χ0n) is 11.4. The number of rotatable bonds is 5. The van der Waals surface area contributed by atoms with Crippen LogP contribution >= 0.6 is 0 Å². The fraction of sp³-hybridized carbons (Fsp3) is 0.0526. The van der Waals surface area contributed by atoms with Crippen LogP contribution in [0.1, 0.15) is 11.1 Å². The van der Waals surface area contributed by atoms with Gasteiger partial charge in [0, 0.05) is 0 Å². The lowest BCUT2D eigenvalue weighted by Crippen LogP contribution is -1.83. The summed E-state index contributed by atoms with van der Waals surface area (Å²) in [7, 11) is 0. The van der Waals surface area contributed by atoms with E-state index in [2.05, 4.69) is 48.6 Å². The molecule has 2 aromatic rings. The molecule has 0 amide bonds. The summed E-state index contributed by atoms with van der Waals surface area (Å²) in [6.07, 6.45) is 10.7. The topological polar surface area (TPSA) is 26.0 Å². The molecule has 0 saturated heterocycles. The van der Waals surface area contributed by atoms with E-state index in [0.717, 1.165) is 12.0 Å². The first-order chi connectivity index (χ1) is 9.90. The summed E-state index contributed by atoms with van der Waals surface area (Å²) in [4.78, 5) is 0. The van der Waals surface area contributed by atoms with Gasteiger partial charge in [-0.05, 0) is 35.4 Å². The van der Waals surface area contributed by atoms with Crippen molar-refractivity contribution in [3.05, 3.63) is 102 Å². The highest BCUT2D eigenvalue weighted by Crippen LogP contribution is 2.16. The third kappa shape index (κ3) is 4.29. The molecule has 1 nitrogen and oxygen atoms in total. The van der Waals surface area contributed by atoms with Crippen molar-refractivity contribution in [3.63, 3.8) is 0 Å². The van der Waals surface area contributed by atoms with Crippen molar-refractivity contribution >= 4 is 5.57 Å². The minimum atomic E-state index is 0.928. The van der Waals surface area contributed by atoms with Crippen LogP contribution in [0.4, 0.5) is 0 Å². The standard InChI is InChI=1S/C19H19N/c20-16-8-15-19(18-12-5-2-6-13-18)14-7-11-17-9-3-1-4-10-17/h1-10,12-16H,11,20H2/b14-7-,16-8+,19-15+. The normalized spacial score (nSPS) is 12.3. The van der Waals surface area contributed by atoms with Crippen molar-refractivity contribution in [2.45, 2.75) is 6.42 Å². The summed E-state index contributed by atoms with van der Waals surface area (Å²) in [5.41, 5.74) is 9.08. The predicted octanol–water partition coefficient (Wildman–Crippen LogP) is 4.34. The van der Waals surface area contributed by atoms with Crippen LogP contribution in [0.3, 0.4) is 0 Å². The molecule has 0 aliphatic carbocycles. The molecular formula is C19H19N. The Kier molecular flexibility index (Phi) is 5.41. The molecule has 100 valence electrons. The first kappa shape index (κ1) is 13.9. The molecule has 0 unspecified atom stereocenters. The van der Waals surface area contributed by atoms with Gasteiger partial charge in [0.25, 0.3) is 0 Å². The van der Waals surface area contributed by atoms with Crippen molar-refractivity contribution in [3.8, 4) is 0 Å². The molecule has 0 aromatic heterocycles. The molecule has 2 N–H and O–H groups in total. The second kappa shape index (κ2) is 7.80. The average Bonchev–Trinajstić information content (AvgIpc) is 2.52. The van der Waals surface area contributed by atoms with Crippen molar-refractivity contribution in [2.24, 2.45) is 5.73 Å². The van der Waals surface area contributed by atoms with E-state index < -0.39 is 0 Å². The van der Waals surface area contributed by atoms with E-state index in [-0.39, 0.29) is 0 Å².